The van der Waals surface area contributed by atoms with Crippen LogP contribution in [-0.2, 0) is 11.2 Å². The number of carboxylic acids is 1. The van der Waals surface area contributed by atoms with Crippen molar-refractivity contribution < 1.29 is 9.90 Å². The van der Waals surface area contributed by atoms with Gasteiger partial charge in [-0.2, -0.15) is 5.26 Å². The van der Waals surface area contributed by atoms with Gasteiger partial charge in [0.1, 0.15) is 16.6 Å². The van der Waals surface area contributed by atoms with Gasteiger partial charge in [0.25, 0.3) is 0 Å². The van der Waals surface area contributed by atoms with Crippen molar-refractivity contribution in [3.05, 3.63) is 35.0 Å². The van der Waals surface area contributed by atoms with E-state index < -0.39 is 10.7 Å². The molecule has 0 aliphatic heterocycles. The van der Waals surface area contributed by atoms with E-state index in [1.54, 1.807) is 26.1 Å². The standard InChI is InChI=1S/C23H32N4O2S2/c1-4-5-6-7-8-14-27(20-18(16-24)11-9-13-25-20)15-10-12-19-17-30-22(26-19)31-23(2,3)21(28)29/h9,11,13,17H,4-8,10,12,14-15H2,1-3H3,(H,28,29). The van der Waals surface area contributed by atoms with E-state index in [4.69, 9.17) is 0 Å². The van der Waals surface area contributed by atoms with Gasteiger partial charge in [-0.15, -0.1) is 11.3 Å². The Kier molecular flexibility index (Phi) is 10.3. The third-order valence-corrected chi connectivity index (χ3v) is 7.16. The zero-order valence-corrected chi connectivity index (χ0v) is 20.3. The molecule has 0 aliphatic carbocycles. The van der Waals surface area contributed by atoms with Crippen molar-refractivity contribution in [3.8, 4) is 6.07 Å². The number of aromatic nitrogens is 2. The van der Waals surface area contributed by atoms with Crippen LogP contribution in [0.25, 0.3) is 0 Å². The molecule has 8 heteroatoms. The molecular formula is C23H32N4O2S2. The molecule has 0 saturated heterocycles. The van der Waals surface area contributed by atoms with Crippen molar-refractivity contribution in [2.75, 3.05) is 18.0 Å². The fourth-order valence-corrected chi connectivity index (χ4v) is 5.36. The first-order valence-electron chi connectivity index (χ1n) is 10.8. The maximum atomic E-state index is 11.3. The number of nitrogens with zero attached hydrogens (tertiary/aromatic N) is 4. The molecule has 0 aromatic carbocycles. The summed E-state index contributed by atoms with van der Waals surface area (Å²) in [5.74, 6) is -0.0780. The Morgan fingerprint density at radius 3 is 2.71 bits per heavy atom. The van der Waals surface area contributed by atoms with Crippen LogP contribution in [0.5, 0.6) is 0 Å². The maximum absolute atomic E-state index is 11.3. The van der Waals surface area contributed by atoms with Crippen LogP contribution in [0.4, 0.5) is 5.82 Å². The topological polar surface area (TPSA) is 90.1 Å². The first-order valence-corrected chi connectivity index (χ1v) is 12.5. The van der Waals surface area contributed by atoms with Crippen molar-refractivity contribution in [1.82, 2.24) is 9.97 Å². The Balaban J connectivity index is 1.95. The molecule has 0 fully saturated rings. The normalized spacial score (nSPS) is 11.3. The van der Waals surface area contributed by atoms with Gasteiger partial charge in [0, 0.05) is 24.7 Å². The molecule has 0 spiro atoms. The summed E-state index contributed by atoms with van der Waals surface area (Å²) in [6.07, 6.45) is 9.44. The van der Waals surface area contributed by atoms with Gasteiger partial charge >= 0.3 is 5.97 Å². The number of nitriles is 1. The number of unbranched alkanes of at least 4 members (excludes halogenated alkanes) is 4. The highest BCUT2D eigenvalue weighted by Crippen LogP contribution is 2.34. The second-order valence-corrected chi connectivity index (χ2v) is 10.7. The number of hydrogen-bond acceptors (Lipinski definition) is 7. The number of rotatable bonds is 14. The van der Waals surface area contributed by atoms with Crippen LogP contribution in [0, 0.1) is 11.3 Å². The summed E-state index contributed by atoms with van der Waals surface area (Å²) in [6, 6.07) is 5.88. The van der Waals surface area contributed by atoms with E-state index in [-0.39, 0.29) is 0 Å². The largest absolute Gasteiger partial charge is 0.480 e. The molecule has 31 heavy (non-hydrogen) atoms. The number of thiazole rings is 1. The predicted octanol–water partition coefficient (Wildman–Crippen LogP) is 5.77. The number of carbonyl (C=O) groups is 1. The van der Waals surface area contributed by atoms with E-state index >= 15 is 0 Å². The van der Waals surface area contributed by atoms with E-state index in [1.807, 2.05) is 11.4 Å². The number of aliphatic carboxylic acids is 1. The molecule has 0 saturated carbocycles. The molecule has 2 rings (SSSR count). The summed E-state index contributed by atoms with van der Waals surface area (Å²) < 4.78 is -0.109. The molecule has 6 nitrogen and oxygen atoms in total. The van der Waals surface area contributed by atoms with Crippen LogP contribution < -0.4 is 4.90 Å². The van der Waals surface area contributed by atoms with Gasteiger partial charge in [0.05, 0.1) is 11.3 Å². The highest BCUT2D eigenvalue weighted by Gasteiger charge is 2.29. The summed E-state index contributed by atoms with van der Waals surface area (Å²) >= 11 is 2.78. The third kappa shape index (κ3) is 8.15. The quantitative estimate of drug-likeness (QED) is 0.282. The average molecular weight is 461 g/mol. The molecule has 0 atom stereocenters. The van der Waals surface area contributed by atoms with E-state index in [1.165, 1.54) is 48.8 Å². The Hall–Kier alpha value is -2.11. The molecule has 1 N–H and O–H groups in total. The van der Waals surface area contributed by atoms with Crippen molar-refractivity contribution in [2.24, 2.45) is 0 Å². The lowest BCUT2D eigenvalue weighted by Crippen LogP contribution is -2.28. The van der Waals surface area contributed by atoms with Crippen molar-refractivity contribution >= 4 is 34.9 Å². The Labute approximate surface area is 193 Å². The minimum Gasteiger partial charge on any atom is -0.480 e. The maximum Gasteiger partial charge on any atom is 0.319 e. The zero-order valence-electron chi connectivity index (χ0n) is 18.6. The van der Waals surface area contributed by atoms with E-state index in [0.717, 1.165) is 48.2 Å². The number of thioether (sulfide) groups is 1. The molecule has 2 aromatic rings. The third-order valence-electron chi connectivity index (χ3n) is 4.99. The van der Waals surface area contributed by atoms with Crippen LogP contribution in [0.2, 0.25) is 0 Å². The fourth-order valence-electron chi connectivity index (χ4n) is 3.13. The van der Waals surface area contributed by atoms with Gasteiger partial charge in [-0.3, -0.25) is 4.79 Å². The Bertz CT molecular complexity index is 876. The fraction of sp³-hybridized carbons (Fsp3) is 0.565. The minimum absolute atomic E-state index is 0.610. The lowest BCUT2D eigenvalue weighted by molar-refractivity contribution is -0.138. The summed E-state index contributed by atoms with van der Waals surface area (Å²) in [5, 5.41) is 20.8. The number of hydrogen-bond donors (Lipinski definition) is 1. The second kappa shape index (κ2) is 12.7. The molecule has 2 aromatic heterocycles. The summed E-state index contributed by atoms with van der Waals surface area (Å²) in [5.41, 5.74) is 1.59. The lowest BCUT2D eigenvalue weighted by atomic mass is 10.1. The van der Waals surface area contributed by atoms with Gasteiger partial charge in [-0.1, -0.05) is 44.4 Å². The van der Waals surface area contributed by atoms with Gasteiger partial charge < -0.3 is 10.0 Å². The number of aryl methyl sites for hydroxylation is 1. The molecule has 2 heterocycles. The van der Waals surface area contributed by atoms with Crippen molar-refractivity contribution in [2.45, 2.75) is 74.8 Å². The summed E-state index contributed by atoms with van der Waals surface area (Å²) in [4.78, 5) is 22.6. The Morgan fingerprint density at radius 2 is 2.00 bits per heavy atom. The smallest absolute Gasteiger partial charge is 0.319 e. The zero-order chi connectivity index (χ0) is 22.7. The predicted molar refractivity (Wildman–Crippen MR) is 128 cm³/mol. The van der Waals surface area contributed by atoms with Crippen molar-refractivity contribution in [3.63, 3.8) is 0 Å². The van der Waals surface area contributed by atoms with Crippen LogP contribution in [0.3, 0.4) is 0 Å². The molecule has 0 unspecified atom stereocenters. The molecule has 0 radical (unpaired) electrons. The average Bonchev–Trinajstić information content (AvgIpc) is 3.18. The van der Waals surface area contributed by atoms with Crippen molar-refractivity contribution in [1.29, 1.82) is 5.26 Å². The molecule has 0 amide bonds. The molecule has 168 valence electrons. The summed E-state index contributed by atoms with van der Waals surface area (Å²) in [6.45, 7) is 7.29. The monoisotopic (exact) mass is 460 g/mol. The van der Waals surface area contributed by atoms with Gasteiger partial charge in [-0.25, -0.2) is 9.97 Å². The number of anilines is 1. The number of pyridine rings is 1. The summed E-state index contributed by atoms with van der Waals surface area (Å²) in [7, 11) is 0. The van der Waals surface area contributed by atoms with E-state index in [2.05, 4.69) is 27.9 Å². The molecular weight excluding hydrogens is 428 g/mol. The minimum atomic E-state index is -0.892. The van der Waals surface area contributed by atoms with Crippen LogP contribution in [0.15, 0.2) is 28.0 Å². The van der Waals surface area contributed by atoms with Gasteiger partial charge in [0.15, 0.2) is 4.34 Å². The first-order chi connectivity index (χ1) is 14.9. The van der Waals surface area contributed by atoms with Crippen LogP contribution in [-0.4, -0.2) is 38.9 Å². The molecule has 0 aliphatic rings. The first kappa shape index (κ1) is 25.2. The number of carboxylic acid groups (broad SMARTS) is 1. The lowest BCUT2D eigenvalue weighted by Gasteiger charge is -2.24. The van der Waals surface area contributed by atoms with E-state index in [0.29, 0.717) is 5.56 Å². The van der Waals surface area contributed by atoms with Gasteiger partial charge in [0.2, 0.25) is 0 Å². The Morgan fingerprint density at radius 1 is 1.26 bits per heavy atom. The van der Waals surface area contributed by atoms with Crippen LogP contribution in [0.1, 0.15) is 70.6 Å². The highest BCUT2D eigenvalue weighted by atomic mass is 32.2. The van der Waals surface area contributed by atoms with E-state index in [9.17, 15) is 15.2 Å². The van der Waals surface area contributed by atoms with Crippen LogP contribution >= 0.6 is 23.1 Å². The SMILES string of the molecule is CCCCCCCN(CCCc1csc(SC(C)(C)C(=O)O)n1)c1ncccc1C#N. The highest BCUT2D eigenvalue weighted by molar-refractivity contribution is 8.02. The molecule has 0 bridgehead atoms. The van der Waals surface area contributed by atoms with Gasteiger partial charge in [-0.05, 0) is 45.2 Å². The second-order valence-electron chi connectivity index (χ2n) is 8.01.